The number of esters is 1. The number of carboxylic acid groups (broad SMARTS) is 1. The van der Waals surface area contributed by atoms with Crippen molar-refractivity contribution < 1.29 is 19.4 Å². The van der Waals surface area contributed by atoms with Crippen LogP contribution in [0.1, 0.15) is 30.1 Å². The molecule has 1 aliphatic carbocycles. The minimum absolute atomic E-state index is 0.0855. The molecule has 1 aromatic carbocycles. The van der Waals surface area contributed by atoms with Gasteiger partial charge in [-0.25, -0.2) is 9.59 Å². The molecule has 0 bridgehead atoms. The van der Waals surface area contributed by atoms with Crippen molar-refractivity contribution in [1.82, 2.24) is 4.90 Å². The largest absolute Gasteiger partial charge is 0.465 e. The van der Waals surface area contributed by atoms with Crippen molar-refractivity contribution in [2.75, 3.05) is 6.61 Å². The SMILES string of the molecule is C[C@@]12C[C@@H](COC(=O)c3ccccc3)N(C(=O)O)[C@@H]1C2. The van der Waals surface area contributed by atoms with Gasteiger partial charge in [-0.1, -0.05) is 25.1 Å². The minimum atomic E-state index is -0.919. The topological polar surface area (TPSA) is 66.8 Å². The number of piperidine rings is 1. The zero-order valence-corrected chi connectivity index (χ0v) is 11.3. The van der Waals surface area contributed by atoms with Gasteiger partial charge in [0.25, 0.3) is 0 Å². The Morgan fingerprint density at radius 2 is 2.05 bits per heavy atom. The van der Waals surface area contributed by atoms with Gasteiger partial charge in [0.15, 0.2) is 0 Å². The van der Waals surface area contributed by atoms with Crippen molar-refractivity contribution in [3.05, 3.63) is 35.9 Å². The Morgan fingerprint density at radius 1 is 1.35 bits per heavy atom. The normalized spacial score (nSPS) is 30.8. The third kappa shape index (κ3) is 2.13. The summed E-state index contributed by atoms with van der Waals surface area (Å²) in [6.07, 6.45) is 0.769. The monoisotopic (exact) mass is 275 g/mol. The molecule has 3 rings (SSSR count). The molecule has 5 heteroatoms. The van der Waals surface area contributed by atoms with Gasteiger partial charge in [-0.3, -0.25) is 4.90 Å². The molecule has 1 amide bonds. The van der Waals surface area contributed by atoms with Crippen molar-refractivity contribution >= 4 is 12.1 Å². The summed E-state index contributed by atoms with van der Waals surface area (Å²) in [5, 5.41) is 9.26. The molecule has 1 N–H and O–H groups in total. The fraction of sp³-hybridized carbons (Fsp3) is 0.467. The van der Waals surface area contributed by atoms with Crippen LogP contribution < -0.4 is 0 Å². The first-order valence-electron chi connectivity index (χ1n) is 6.75. The lowest BCUT2D eigenvalue weighted by Gasteiger charge is -2.24. The van der Waals surface area contributed by atoms with Crippen LogP contribution in [0.3, 0.4) is 0 Å². The Balaban J connectivity index is 1.61. The average Bonchev–Trinajstić information content (AvgIpc) is 2.98. The lowest BCUT2D eigenvalue weighted by Crippen LogP contribution is -2.40. The average molecular weight is 275 g/mol. The number of nitrogens with zero attached hydrogens (tertiary/aromatic N) is 1. The van der Waals surface area contributed by atoms with Crippen LogP contribution in [0.4, 0.5) is 4.79 Å². The first-order chi connectivity index (χ1) is 9.51. The van der Waals surface area contributed by atoms with Crippen LogP contribution in [0.25, 0.3) is 0 Å². The van der Waals surface area contributed by atoms with Gasteiger partial charge in [-0.2, -0.15) is 0 Å². The third-order valence-corrected chi connectivity index (χ3v) is 4.37. The fourth-order valence-electron chi connectivity index (χ4n) is 3.19. The number of hydrogen-bond donors (Lipinski definition) is 1. The lowest BCUT2D eigenvalue weighted by molar-refractivity contribution is 0.0369. The molecule has 20 heavy (non-hydrogen) atoms. The highest BCUT2D eigenvalue weighted by atomic mass is 16.5. The molecule has 1 aliphatic heterocycles. The van der Waals surface area contributed by atoms with Gasteiger partial charge in [0.1, 0.15) is 6.61 Å². The van der Waals surface area contributed by atoms with E-state index in [1.807, 2.05) is 6.07 Å². The molecule has 0 unspecified atom stereocenters. The molecule has 3 atom stereocenters. The van der Waals surface area contributed by atoms with Gasteiger partial charge >= 0.3 is 12.1 Å². The van der Waals surface area contributed by atoms with E-state index in [0.29, 0.717) is 5.56 Å². The Kier molecular flexibility index (Phi) is 2.92. The molecule has 1 aromatic rings. The van der Waals surface area contributed by atoms with Crippen LogP contribution in [0, 0.1) is 5.41 Å². The number of amides is 1. The van der Waals surface area contributed by atoms with E-state index < -0.39 is 12.1 Å². The van der Waals surface area contributed by atoms with Gasteiger partial charge < -0.3 is 9.84 Å². The number of likely N-dealkylation sites (tertiary alicyclic amines) is 1. The van der Waals surface area contributed by atoms with E-state index >= 15 is 0 Å². The maximum atomic E-state index is 11.9. The summed E-state index contributed by atoms with van der Waals surface area (Å²) in [5.74, 6) is -0.401. The highest BCUT2D eigenvalue weighted by molar-refractivity contribution is 5.89. The summed E-state index contributed by atoms with van der Waals surface area (Å²) < 4.78 is 5.26. The zero-order chi connectivity index (χ0) is 14.3. The number of fused-ring (bicyclic) bond motifs is 1. The van der Waals surface area contributed by atoms with Crippen LogP contribution in [0.15, 0.2) is 30.3 Å². The van der Waals surface area contributed by atoms with Crippen molar-refractivity contribution in [3.63, 3.8) is 0 Å². The predicted octanol–water partition coefficient (Wildman–Crippen LogP) is 2.37. The Labute approximate surface area is 117 Å². The summed E-state index contributed by atoms with van der Waals surface area (Å²) in [6.45, 7) is 2.22. The first-order valence-corrected chi connectivity index (χ1v) is 6.75. The molecule has 5 nitrogen and oxygen atoms in total. The first kappa shape index (κ1) is 13.0. The number of carbonyl (C=O) groups excluding carboxylic acids is 1. The smallest absolute Gasteiger partial charge is 0.407 e. The van der Waals surface area contributed by atoms with Crippen LogP contribution in [0.5, 0.6) is 0 Å². The molecule has 1 heterocycles. The summed E-state index contributed by atoms with van der Waals surface area (Å²) >= 11 is 0. The third-order valence-electron chi connectivity index (χ3n) is 4.37. The van der Waals surface area contributed by atoms with E-state index in [9.17, 15) is 14.7 Å². The standard InChI is InChI=1S/C15H17NO4/c1-15-7-11(16(14(18)19)12(15)8-15)9-20-13(17)10-5-3-2-4-6-10/h2-6,11-12H,7-9H2,1H3,(H,18,19)/t11-,12+,15-/m0/s1. The number of rotatable bonds is 3. The zero-order valence-electron chi connectivity index (χ0n) is 11.3. The summed E-state index contributed by atoms with van der Waals surface area (Å²) in [4.78, 5) is 24.6. The Bertz CT molecular complexity index is 544. The van der Waals surface area contributed by atoms with Crippen molar-refractivity contribution in [1.29, 1.82) is 0 Å². The molecule has 2 aliphatic rings. The summed E-state index contributed by atoms with van der Waals surface area (Å²) in [7, 11) is 0. The molecule has 106 valence electrons. The summed E-state index contributed by atoms with van der Waals surface area (Å²) in [5.41, 5.74) is 0.575. The van der Waals surface area contributed by atoms with Gasteiger partial charge in [0.05, 0.1) is 11.6 Å². The second kappa shape index (κ2) is 4.51. The van der Waals surface area contributed by atoms with Crippen molar-refractivity contribution in [3.8, 4) is 0 Å². The van der Waals surface area contributed by atoms with Crippen LogP contribution in [-0.2, 0) is 4.74 Å². The predicted molar refractivity (Wildman–Crippen MR) is 71.5 cm³/mol. The molecular formula is C15H17NO4. The van der Waals surface area contributed by atoms with Crippen LogP contribution in [-0.4, -0.2) is 40.8 Å². The van der Waals surface area contributed by atoms with Crippen LogP contribution >= 0.6 is 0 Å². The van der Waals surface area contributed by atoms with E-state index in [1.54, 1.807) is 24.3 Å². The molecule has 0 spiro atoms. The van der Waals surface area contributed by atoms with E-state index in [4.69, 9.17) is 4.74 Å². The Morgan fingerprint density at radius 3 is 2.70 bits per heavy atom. The number of hydrogen-bond acceptors (Lipinski definition) is 3. The molecule has 1 saturated carbocycles. The second-order valence-corrected chi connectivity index (χ2v) is 5.89. The van der Waals surface area contributed by atoms with E-state index in [2.05, 4.69) is 6.92 Å². The second-order valence-electron chi connectivity index (χ2n) is 5.89. The maximum absolute atomic E-state index is 11.9. The number of benzene rings is 1. The van der Waals surface area contributed by atoms with Gasteiger partial charge in [-0.15, -0.1) is 0 Å². The molecule has 1 saturated heterocycles. The van der Waals surface area contributed by atoms with Crippen molar-refractivity contribution in [2.45, 2.75) is 31.8 Å². The number of carbonyl (C=O) groups is 2. The quantitative estimate of drug-likeness (QED) is 0.860. The molecule has 0 radical (unpaired) electrons. The molecular weight excluding hydrogens is 258 g/mol. The van der Waals surface area contributed by atoms with Gasteiger partial charge in [0, 0.05) is 6.04 Å². The highest BCUT2D eigenvalue weighted by Crippen LogP contribution is 2.59. The highest BCUT2D eigenvalue weighted by Gasteiger charge is 2.63. The lowest BCUT2D eigenvalue weighted by atomic mass is 10.0. The minimum Gasteiger partial charge on any atom is -0.465 e. The van der Waals surface area contributed by atoms with E-state index in [1.165, 1.54) is 4.90 Å². The Hall–Kier alpha value is -2.04. The van der Waals surface area contributed by atoms with E-state index in [-0.39, 0.29) is 24.1 Å². The van der Waals surface area contributed by atoms with Crippen LogP contribution in [0.2, 0.25) is 0 Å². The maximum Gasteiger partial charge on any atom is 0.407 e. The molecule has 0 aromatic heterocycles. The molecule has 2 fully saturated rings. The van der Waals surface area contributed by atoms with E-state index in [0.717, 1.165) is 12.8 Å². The van der Waals surface area contributed by atoms with Gasteiger partial charge in [0.2, 0.25) is 0 Å². The van der Waals surface area contributed by atoms with Gasteiger partial charge in [-0.05, 0) is 30.4 Å². The number of ether oxygens (including phenoxy) is 1. The fourth-order valence-corrected chi connectivity index (χ4v) is 3.19. The van der Waals surface area contributed by atoms with Crippen molar-refractivity contribution in [2.24, 2.45) is 5.41 Å². The summed E-state index contributed by atoms with van der Waals surface area (Å²) in [6, 6.07) is 8.62.